The summed E-state index contributed by atoms with van der Waals surface area (Å²) >= 11 is 0. The molecule has 0 aromatic heterocycles. The molecule has 0 saturated heterocycles. The van der Waals surface area contributed by atoms with E-state index in [0.717, 1.165) is 25.6 Å². The molecule has 1 N–H and O–H groups in total. The fourth-order valence-electron chi connectivity index (χ4n) is 1.54. The van der Waals surface area contributed by atoms with Gasteiger partial charge < -0.3 is 5.32 Å². The van der Waals surface area contributed by atoms with Crippen molar-refractivity contribution in [3.05, 3.63) is 35.4 Å². The maximum absolute atomic E-state index is 13.2. The van der Waals surface area contributed by atoms with Crippen molar-refractivity contribution in [2.75, 3.05) is 13.1 Å². The summed E-state index contributed by atoms with van der Waals surface area (Å²) < 4.78 is 26.1. The SMILES string of the molecule is CC(C)CNCCCc1cccc(F)c1F. The predicted molar refractivity (Wildman–Crippen MR) is 62.4 cm³/mol. The lowest BCUT2D eigenvalue weighted by Gasteiger charge is -2.07. The maximum Gasteiger partial charge on any atom is 0.162 e. The van der Waals surface area contributed by atoms with Gasteiger partial charge in [0.25, 0.3) is 0 Å². The first-order valence-corrected chi connectivity index (χ1v) is 5.75. The zero-order valence-corrected chi connectivity index (χ0v) is 9.89. The van der Waals surface area contributed by atoms with Gasteiger partial charge in [-0.2, -0.15) is 0 Å². The fraction of sp³-hybridized carbons (Fsp3) is 0.538. The van der Waals surface area contributed by atoms with Gasteiger partial charge in [-0.15, -0.1) is 0 Å². The van der Waals surface area contributed by atoms with Gasteiger partial charge in [0.1, 0.15) is 0 Å². The van der Waals surface area contributed by atoms with Gasteiger partial charge in [0.15, 0.2) is 11.6 Å². The van der Waals surface area contributed by atoms with Crippen LogP contribution in [0.1, 0.15) is 25.8 Å². The summed E-state index contributed by atoms with van der Waals surface area (Å²) in [6, 6.07) is 4.34. The Kier molecular flexibility index (Phi) is 5.39. The third-order valence-electron chi connectivity index (χ3n) is 2.38. The van der Waals surface area contributed by atoms with Crippen molar-refractivity contribution in [1.82, 2.24) is 5.32 Å². The van der Waals surface area contributed by atoms with Crippen LogP contribution in [0, 0.1) is 17.6 Å². The van der Waals surface area contributed by atoms with Gasteiger partial charge in [-0.05, 0) is 43.5 Å². The largest absolute Gasteiger partial charge is 0.316 e. The van der Waals surface area contributed by atoms with E-state index in [0.29, 0.717) is 17.9 Å². The molecule has 0 radical (unpaired) electrons. The number of hydrogen-bond acceptors (Lipinski definition) is 1. The number of hydrogen-bond donors (Lipinski definition) is 1. The lowest BCUT2D eigenvalue weighted by atomic mass is 10.1. The van der Waals surface area contributed by atoms with E-state index < -0.39 is 11.6 Å². The van der Waals surface area contributed by atoms with Gasteiger partial charge in [0.05, 0.1) is 0 Å². The summed E-state index contributed by atoms with van der Waals surface area (Å²) in [5, 5.41) is 3.27. The van der Waals surface area contributed by atoms with Gasteiger partial charge in [0, 0.05) is 0 Å². The first-order chi connectivity index (χ1) is 7.61. The Bertz CT molecular complexity index is 324. The van der Waals surface area contributed by atoms with Gasteiger partial charge in [-0.3, -0.25) is 0 Å². The highest BCUT2D eigenvalue weighted by Crippen LogP contribution is 2.12. The van der Waals surface area contributed by atoms with Crippen LogP contribution in [0.3, 0.4) is 0 Å². The van der Waals surface area contributed by atoms with Crippen LogP contribution < -0.4 is 5.32 Å². The van der Waals surface area contributed by atoms with E-state index in [1.807, 2.05) is 0 Å². The molecule has 1 aromatic rings. The minimum atomic E-state index is -0.757. The molecule has 0 heterocycles. The van der Waals surface area contributed by atoms with Gasteiger partial charge in [0.2, 0.25) is 0 Å². The molecular weight excluding hydrogens is 208 g/mol. The lowest BCUT2D eigenvalue weighted by Crippen LogP contribution is -2.21. The predicted octanol–water partition coefficient (Wildman–Crippen LogP) is 3.14. The topological polar surface area (TPSA) is 12.0 Å². The highest BCUT2D eigenvalue weighted by Gasteiger charge is 2.06. The molecule has 90 valence electrons. The quantitative estimate of drug-likeness (QED) is 0.736. The Morgan fingerprint density at radius 1 is 1.25 bits per heavy atom. The monoisotopic (exact) mass is 227 g/mol. The number of nitrogens with one attached hydrogen (secondary N) is 1. The maximum atomic E-state index is 13.2. The van der Waals surface area contributed by atoms with E-state index >= 15 is 0 Å². The Morgan fingerprint density at radius 2 is 2.00 bits per heavy atom. The van der Waals surface area contributed by atoms with Crippen LogP contribution >= 0.6 is 0 Å². The zero-order valence-electron chi connectivity index (χ0n) is 9.89. The van der Waals surface area contributed by atoms with Crippen molar-refractivity contribution in [1.29, 1.82) is 0 Å². The lowest BCUT2D eigenvalue weighted by molar-refractivity contribution is 0.493. The molecule has 0 aliphatic carbocycles. The molecule has 0 aliphatic heterocycles. The molecule has 16 heavy (non-hydrogen) atoms. The molecule has 0 bridgehead atoms. The molecule has 0 unspecified atom stereocenters. The normalized spacial score (nSPS) is 11.1. The van der Waals surface area contributed by atoms with Crippen molar-refractivity contribution >= 4 is 0 Å². The molecule has 1 aromatic carbocycles. The zero-order chi connectivity index (χ0) is 12.0. The van der Waals surface area contributed by atoms with Gasteiger partial charge >= 0.3 is 0 Å². The summed E-state index contributed by atoms with van der Waals surface area (Å²) in [6.45, 7) is 6.08. The van der Waals surface area contributed by atoms with E-state index in [1.165, 1.54) is 0 Å². The average molecular weight is 227 g/mol. The van der Waals surface area contributed by atoms with E-state index in [1.54, 1.807) is 12.1 Å². The summed E-state index contributed by atoms with van der Waals surface area (Å²) in [7, 11) is 0. The molecule has 0 saturated carbocycles. The van der Waals surface area contributed by atoms with E-state index in [-0.39, 0.29) is 0 Å². The van der Waals surface area contributed by atoms with E-state index in [2.05, 4.69) is 19.2 Å². The van der Waals surface area contributed by atoms with Crippen molar-refractivity contribution in [2.24, 2.45) is 5.92 Å². The number of benzene rings is 1. The van der Waals surface area contributed by atoms with Crippen molar-refractivity contribution in [3.63, 3.8) is 0 Å². The van der Waals surface area contributed by atoms with E-state index in [4.69, 9.17) is 0 Å². The molecule has 0 aliphatic rings. The Labute approximate surface area is 95.9 Å². The standard InChI is InChI=1S/C13H19F2N/c1-10(2)9-16-8-4-6-11-5-3-7-12(14)13(11)15/h3,5,7,10,16H,4,6,8-9H2,1-2H3. The Balaban J connectivity index is 2.29. The molecule has 1 rings (SSSR count). The number of aryl methyl sites for hydroxylation is 1. The van der Waals surface area contributed by atoms with Crippen molar-refractivity contribution < 1.29 is 8.78 Å². The van der Waals surface area contributed by atoms with Gasteiger partial charge in [-0.1, -0.05) is 26.0 Å². The minimum absolute atomic E-state index is 0.464. The van der Waals surface area contributed by atoms with Crippen LogP contribution in [0.25, 0.3) is 0 Å². The molecule has 0 fully saturated rings. The molecule has 3 heteroatoms. The first kappa shape index (κ1) is 13.1. The molecule has 1 nitrogen and oxygen atoms in total. The Morgan fingerprint density at radius 3 is 2.69 bits per heavy atom. The van der Waals surface area contributed by atoms with Crippen LogP contribution in [0.15, 0.2) is 18.2 Å². The number of rotatable bonds is 6. The van der Waals surface area contributed by atoms with Crippen LogP contribution in [-0.4, -0.2) is 13.1 Å². The second kappa shape index (κ2) is 6.59. The second-order valence-electron chi connectivity index (χ2n) is 4.41. The second-order valence-corrected chi connectivity index (χ2v) is 4.41. The molecular formula is C13H19F2N. The van der Waals surface area contributed by atoms with Crippen molar-refractivity contribution in [3.8, 4) is 0 Å². The summed E-state index contributed by atoms with van der Waals surface area (Å²) in [5.41, 5.74) is 0.464. The van der Waals surface area contributed by atoms with Crippen LogP contribution in [-0.2, 0) is 6.42 Å². The summed E-state index contributed by atoms with van der Waals surface area (Å²) in [4.78, 5) is 0. The highest BCUT2D eigenvalue weighted by atomic mass is 19.2. The highest BCUT2D eigenvalue weighted by molar-refractivity contribution is 5.18. The van der Waals surface area contributed by atoms with Gasteiger partial charge in [-0.25, -0.2) is 8.78 Å². The number of halogens is 2. The average Bonchev–Trinajstić information content (AvgIpc) is 2.23. The first-order valence-electron chi connectivity index (χ1n) is 5.75. The fourth-order valence-corrected chi connectivity index (χ4v) is 1.54. The van der Waals surface area contributed by atoms with Crippen LogP contribution in [0.2, 0.25) is 0 Å². The van der Waals surface area contributed by atoms with E-state index in [9.17, 15) is 8.78 Å². The minimum Gasteiger partial charge on any atom is -0.316 e. The van der Waals surface area contributed by atoms with Crippen molar-refractivity contribution in [2.45, 2.75) is 26.7 Å². The molecule has 0 atom stereocenters. The summed E-state index contributed by atoms with van der Waals surface area (Å²) in [5.74, 6) is -0.843. The van der Waals surface area contributed by atoms with Crippen LogP contribution in [0.5, 0.6) is 0 Å². The third-order valence-corrected chi connectivity index (χ3v) is 2.38. The molecule has 0 spiro atoms. The Hall–Kier alpha value is -0.960. The van der Waals surface area contributed by atoms with Crippen LogP contribution in [0.4, 0.5) is 8.78 Å². The third kappa shape index (κ3) is 4.27. The molecule has 0 amide bonds. The smallest absolute Gasteiger partial charge is 0.162 e. The summed E-state index contributed by atoms with van der Waals surface area (Å²) in [6.07, 6.45) is 1.40.